The third-order valence-electron chi connectivity index (χ3n) is 6.87. The Morgan fingerprint density at radius 2 is 1.62 bits per heavy atom. The highest BCUT2D eigenvalue weighted by Gasteiger charge is 2.31. The van der Waals surface area contributed by atoms with Gasteiger partial charge in [0.25, 0.3) is 0 Å². The number of nitrogens with zero attached hydrogens (tertiary/aromatic N) is 1. The minimum atomic E-state index is -0.309. The third-order valence-corrected chi connectivity index (χ3v) is 6.87. The SMILES string of the molecule is CCOC(=O)Cc1ccccc1OC1c2ccccc2-c2ccc(-c3cccc4c(N)nccc34)cc21. The summed E-state index contributed by atoms with van der Waals surface area (Å²) in [6.07, 6.45) is 1.60. The van der Waals surface area contributed by atoms with Gasteiger partial charge in [0.2, 0.25) is 0 Å². The fourth-order valence-electron chi connectivity index (χ4n) is 5.20. The average molecular weight is 487 g/mol. The van der Waals surface area contributed by atoms with Crippen LogP contribution in [-0.4, -0.2) is 17.6 Å². The maximum Gasteiger partial charge on any atom is 0.310 e. The topological polar surface area (TPSA) is 74.4 Å². The van der Waals surface area contributed by atoms with Gasteiger partial charge >= 0.3 is 5.97 Å². The van der Waals surface area contributed by atoms with Gasteiger partial charge in [-0.25, -0.2) is 4.98 Å². The molecule has 5 heteroatoms. The van der Waals surface area contributed by atoms with Crippen LogP contribution in [0.15, 0.2) is 97.2 Å². The number of pyridine rings is 1. The summed E-state index contributed by atoms with van der Waals surface area (Å²) in [4.78, 5) is 16.5. The van der Waals surface area contributed by atoms with Crippen molar-refractivity contribution in [3.8, 4) is 28.0 Å². The highest BCUT2D eigenvalue weighted by molar-refractivity contribution is 6.01. The van der Waals surface area contributed by atoms with Gasteiger partial charge in [0.05, 0.1) is 13.0 Å². The van der Waals surface area contributed by atoms with Crippen LogP contribution in [0.4, 0.5) is 5.82 Å². The first kappa shape index (κ1) is 22.8. The van der Waals surface area contributed by atoms with Crippen LogP contribution in [0.1, 0.15) is 29.7 Å². The fourth-order valence-corrected chi connectivity index (χ4v) is 5.20. The Bertz CT molecular complexity index is 1640. The smallest absolute Gasteiger partial charge is 0.310 e. The highest BCUT2D eigenvalue weighted by Crippen LogP contribution is 2.47. The Labute approximate surface area is 215 Å². The summed E-state index contributed by atoms with van der Waals surface area (Å²) in [5, 5.41) is 1.99. The zero-order valence-electron chi connectivity index (χ0n) is 20.5. The van der Waals surface area contributed by atoms with E-state index in [0.29, 0.717) is 18.2 Å². The predicted octanol–water partition coefficient (Wildman–Crippen LogP) is 6.74. The van der Waals surface area contributed by atoms with Gasteiger partial charge in [0.15, 0.2) is 6.10 Å². The molecule has 4 aromatic carbocycles. The molecule has 0 fully saturated rings. The molecule has 0 amide bonds. The van der Waals surface area contributed by atoms with Gasteiger partial charge in [-0.2, -0.15) is 0 Å². The Balaban J connectivity index is 1.45. The number of anilines is 1. The van der Waals surface area contributed by atoms with E-state index in [0.717, 1.165) is 49.7 Å². The Kier molecular flexibility index (Phi) is 5.81. The van der Waals surface area contributed by atoms with Crippen LogP contribution in [0.2, 0.25) is 0 Å². The summed E-state index contributed by atoms with van der Waals surface area (Å²) in [6, 6.07) is 30.6. The summed E-state index contributed by atoms with van der Waals surface area (Å²) in [6.45, 7) is 2.16. The molecular formula is C32H26N2O3. The van der Waals surface area contributed by atoms with Crippen molar-refractivity contribution in [3.05, 3.63) is 114 Å². The second-order valence-corrected chi connectivity index (χ2v) is 9.07. The lowest BCUT2D eigenvalue weighted by atomic mass is 9.95. The molecule has 1 aliphatic rings. The summed E-state index contributed by atoms with van der Waals surface area (Å²) in [5.41, 5.74) is 13.6. The van der Waals surface area contributed by atoms with Gasteiger partial charge < -0.3 is 15.2 Å². The number of esters is 1. The molecule has 5 aromatic rings. The molecule has 1 aliphatic carbocycles. The number of hydrogen-bond acceptors (Lipinski definition) is 5. The predicted molar refractivity (Wildman–Crippen MR) is 146 cm³/mol. The standard InChI is InChI=1S/C32H26N2O3/c1-2-36-30(35)19-21-8-3-6-13-29(21)37-31-26-10-5-4-9-23(26)24-15-14-20(18-28(24)31)22-11-7-12-27-25(22)16-17-34-32(27)33/h3-18,31H,2,19H2,1H3,(H2,33,34). The third kappa shape index (κ3) is 4.08. The van der Waals surface area contributed by atoms with Crippen molar-refractivity contribution in [1.82, 2.24) is 4.98 Å². The Morgan fingerprint density at radius 1 is 0.838 bits per heavy atom. The van der Waals surface area contributed by atoms with Crippen molar-refractivity contribution < 1.29 is 14.3 Å². The second kappa shape index (κ2) is 9.43. The molecule has 1 unspecified atom stereocenters. The number of ether oxygens (including phenoxy) is 2. The van der Waals surface area contributed by atoms with Crippen molar-refractivity contribution in [2.24, 2.45) is 0 Å². The number of carbonyl (C=O) groups is 1. The largest absolute Gasteiger partial charge is 0.481 e. The van der Waals surface area contributed by atoms with Gasteiger partial charge in [-0.05, 0) is 52.8 Å². The zero-order valence-corrected chi connectivity index (χ0v) is 20.5. The summed E-state index contributed by atoms with van der Waals surface area (Å²) < 4.78 is 11.9. The van der Waals surface area contributed by atoms with Gasteiger partial charge in [-0.3, -0.25) is 4.79 Å². The molecule has 1 heterocycles. The number of hydrogen-bond donors (Lipinski definition) is 1. The second-order valence-electron chi connectivity index (χ2n) is 9.07. The van der Waals surface area contributed by atoms with E-state index in [1.807, 2.05) is 61.5 Å². The summed E-state index contributed by atoms with van der Waals surface area (Å²) >= 11 is 0. The quantitative estimate of drug-likeness (QED) is 0.269. The van der Waals surface area contributed by atoms with E-state index in [2.05, 4.69) is 41.4 Å². The van der Waals surface area contributed by atoms with Gasteiger partial charge in [0, 0.05) is 28.3 Å². The van der Waals surface area contributed by atoms with Crippen LogP contribution < -0.4 is 10.5 Å². The first-order valence-corrected chi connectivity index (χ1v) is 12.4. The van der Waals surface area contributed by atoms with E-state index >= 15 is 0 Å². The zero-order chi connectivity index (χ0) is 25.4. The summed E-state index contributed by atoms with van der Waals surface area (Å²) in [5.74, 6) is 0.933. The lowest BCUT2D eigenvalue weighted by Crippen LogP contribution is -2.11. The first-order valence-electron chi connectivity index (χ1n) is 12.4. The fraction of sp³-hybridized carbons (Fsp3) is 0.125. The maximum atomic E-state index is 12.2. The van der Waals surface area contributed by atoms with Crippen molar-refractivity contribution in [1.29, 1.82) is 0 Å². The van der Waals surface area contributed by atoms with Crippen LogP contribution in [0.3, 0.4) is 0 Å². The lowest BCUT2D eigenvalue weighted by Gasteiger charge is -2.19. The summed E-state index contributed by atoms with van der Waals surface area (Å²) in [7, 11) is 0. The molecule has 5 nitrogen and oxygen atoms in total. The molecule has 0 bridgehead atoms. The average Bonchev–Trinajstić information content (AvgIpc) is 3.23. The van der Waals surface area contributed by atoms with E-state index in [1.54, 1.807) is 6.20 Å². The van der Waals surface area contributed by atoms with Gasteiger partial charge in [0.1, 0.15) is 11.6 Å². The molecular weight excluding hydrogens is 460 g/mol. The molecule has 0 saturated heterocycles. The molecule has 2 N–H and O–H groups in total. The van der Waals surface area contributed by atoms with Crippen LogP contribution in [0.5, 0.6) is 5.75 Å². The molecule has 0 aliphatic heterocycles. The number of benzene rings is 4. The van der Waals surface area contributed by atoms with Crippen molar-refractivity contribution in [3.63, 3.8) is 0 Å². The number of para-hydroxylation sites is 1. The normalized spacial score (nSPS) is 13.7. The Morgan fingerprint density at radius 3 is 2.51 bits per heavy atom. The van der Waals surface area contributed by atoms with E-state index in [4.69, 9.17) is 15.2 Å². The molecule has 1 aromatic heterocycles. The molecule has 1 atom stereocenters. The highest BCUT2D eigenvalue weighted by atomic mass is 16.5. The van der Waals surface area contributed by atoms with Crippen LogP contribution in [-0.2, 0) is 16.0 Å². The molecule has 182 valence electrons. The van der Waals surface area contributed by atoms with Gasteiger partial charge in [-0.1, -0.05) is 72.8 Å². The van der Waals surface area contributed by atoms with E-state index in [9.17, 15) is 4.79 Å². The minimum absolute atomic E-state index is 0.163. The van der Waals surface area contributed by atoms with Crippen molar-refractivity contribution in [2.75, 3.05) is 12.3 Å². The number of rotatable bonds is 6. The number of carbonyl (C=O) groups excluding carboxylic acids is 1. The molecule has 6 rings (SSSR count). The molecule has 37 heavy (non-hydrogen) atoms. The van der Waals surface area contributed by atoms with Crippen LogP contribution in [0.25, 0.3) is 33.0 Å². The molecule has 0 radical (unpaired) electrons. The number of nitrogens with two attached hydrogens (primary N) is 1. The van der Waals surface area contributed by atoms with Crippen molar-refractivity contribution >= 4 is 22.6 Å². The maximum absolute atomic E-state index is 12.2. The lowest BCUT2D eigenvalue weighted by molar-refractivity contribution is -0.142. The monoisotopic (exact) mass is 486 g/mol. The molecule has 0 saturated carbocycles. The van der Waals surface area contributed by atoms with E-state index in [1.165, 1.54) is 0 Å². The first-order chi connectivity index (χ1) is 18.1. The number of nitrogen functional groups attached to an aromatic ring is 1. The number of fused-ring (bicyclic) bond motifs is 4. The van der Waals surface area contributed by atoms with Crippen LogP contribution >= 0.6 is 0 Å². The van der Waals surface area contributed by atoms with E-state index < -0.39 is 0 Å². The Hall–Kier alpha value is -4.64. The van der Waals surface area contributed by atoms with Gasteiger partial charge in [-0.15, -0.1) is 0 Å². The number of aromatic nitrogens is 1. The van der Waals surface area contributed by atoms with Crippen molar-refractivity contribution in [2.45, 2.75) is 19.4 Å². The van der Waals surface area contributed by atoms with Crippen LogP contribution in [0, 0.1) is 0 Å². The minimum Gasteiger partial charge on any atom is -0.481 e. The molecule has 0 spiro atoms. The van der Waals surface area contributed by atoms with E-state index in [-0.39, 0.29) is 18.5 Å².